The predicted octanol–water partition coefficient (Wildman–Crippen LogP) is 3.01. The molecule has 0 saturated carbocycles. The molecule has 0 bridgehead atoms. The summed E-state index contributed by atoms with van der Waals surface area (Å²) in [6, 6.07) is 0. The van der Waals surface area contributed by atoms with Crippen molar-refractivity contribution in [3.63, 3.8) is 0 Å². The smallest absolute Gasteiger partial charge is 0.319 e. The molecule has 22 heavy (non-hydrogen) atoms. The van der Waals surface area contributed by atoms with Crippen molar-refractivity contribution in [3.05, 3.63) is 0 Å². The molecule has 10 heteroatoms. The molecule has 0 rings (SSSR count). The fourth-order valence-corrected chi connectivity index (χ4v) is 2.19. The lowest BCUT2D eigenvalue weighted by Gasteiger charge is -2.23. The van der Waals surface area contributed by atoms with Gasteiger partial charge in [0.2, 0.25) is 0 Å². The summed E-state index contributed by atoms with van der Waals surface area (Å²) in [6.07, 6.45) is 8.37. The second-order valence-electron chi connectivity index (χ2n) is 4.91. The van der Waals surface area contributed by atoms with Gasteiger partial charge in [-0.05, 0) is 35.4 Å². The number of rotatable bonds is 7. The van der Waals surface area contributed by atoms with Gasteiger partial charge in [0.15, 0.2) is 0 Å². The maximum Gasteiger partial charge on any atom is 0.319 e. The lowest BCUT2D eigenvalue weighted by molar-refractivity contribution is 0.280. The van der Waals surface area contributed by atoms with E-state index in [2.05, 4.69) is 51.3 Å². The molecule has 0 saturated heterocycles. The molecule has 1 atom stereocenters. The van der Waals surface area contributed by atoms with Gasteiger partial charge in [0.05, 0.1) is 0 Å². The molecule has 0 fully saturated rings. The van der Waals surface area contributed by atoms with Crippen molar-refractivity contribution in [1.82, 2.24) is 0 Å². The summed E-state index contributed by atoms with van der Waals surface area (Å²) in [5, 5.41) is 0. The van der Waals surface area contributed by atoms with Crippen LogP contribution >= 0.6 is 13.4 Å². The summed E-state index contributed by atoms with van der Waals surface area (Å²) in [6.45, 7) is 1.70. The van der Waals surface area contributed by atoms with Gasteiger partial charge in [-0.3, -0.25) is 0 Å². The van der Waals surface area contributed by atoms with Crippen LogP contribution in [0.5, 0.6) is 0 Å². The van der Waals surface area contributed by atoms with Gasteiger partial charge in [-0.1, -0.05) is 66.2 Å². The van der Waals surface area contributed by atoms with Crippen LogP contribution in [0.25, 0.3) is 0 Å². The Bertz CT molecular complexity index is 291. The third-order valence-electron chi connectivity index (χ3n) is 3.17. The first-order valence-corrected chi connectivity index (χ1v) is 12.7. The SMILES string of the molecule is CCCCC(CC)C(CC)CC.OP(O)(O)=S.OP(O)(O)=S. The van der Waals surface area contributed by atoms with E-state index >= 15 is 0 Å². The van der Waals surface area contributed by atoms with E-state index in [0.717, 1.165) is 11.8 Å². The number of unbranched alkanes of at least 4 members (excludes halogenated alkanes) is 1. The van der Waals surface area contributed by atoms with E-state index in [-0.39, 0.29) is 0 Å². The Labute approximate surface area is 144 Å². The first-order valence-electron chi connectivity index (χ1n) is 7.36. The highest BCUT2D eigenvalue weighted by molar-refractivity contribution is 8.06. The van der Waals surface area contributed by atoms with E-state index in [1.165, 1.54) is 38.5 Å². The lowest BCUT2D eigenvalue weighted by atomic mass is 9.83. The zero-order valence-corrected chi connectivity index (χ0v) is 17.2. The summed E-state index contributed by atoms with van der Waals surface area (Å²) in [7, 11) is 0. The van der Waals surface area contributed by atoms with E-state index < -0.39 is 13.4 Å². The van der Waals surface area contributed by atoms with Crippen LogP contribution < -0.4 is 0 Å². The van der Waals surface area contributed by atoms with Gasteiger partial charge < -0.3 is 29.4 Å². The predicted molar refractivity (Wildman–Crippen MR) is 99.3 cm³/mol. The topological polar surface area (TPSA) is 121 Å². The standard InChI is InChI=1S/C12H26.2H3O3PS/c1-5-9-10-12(8-4)11(6-2)7-3;2*1-4(2,3)5/h11-12H,5-10H2,1-4H3;2*(H3,1,2,3,5). The molecule has 0 aliphatic heterocycles. The third kappa shape index (κ3) is 37.4. The maximum absolute atomic E-state index is 7.56. The normalized spacial score (nSPS) is 12.9. The van der Waals surface area contributed by atoms with Crippen LogP contribution in [0.3, 0.4) is 0 Å². The van der Waals surface area contributed by atoms with Crippen LogP contribution in [0.2, 0.25) is 0 Å². The van der Waals surface area contributed by atoms with E-state index in [0.29, 0.717) is 0 Å². The van der Waals surface area contributed by atoms with Gasteiger partial charge in [0, 0.05) is 0 Å². The highest BCUT2D eigenvalue weighted by atomic mass is 32.5. The first kappa shape index (κ1) is 27.9. The Morgan fingerprint density at radius 1 is 0.682 bits per heavy atom. The van der Waals surface area contributed by atoms with E-state index in [1.54, 1.807) is 0 Å². The van der Waals surface area contributed by atoms with E-state index in [4.69, 9.17) is 29.4 Å². The molecule has 0 aliphatic carbocycles. The molecular weight excluding hydrogens is 366 g/mol. The molecule has 0 aliphatic rings. The maximum atomic E-state index is 7.56. The van der Waals surface area contributed by atoms with Gasteiger partial charge >= 0.3 is 13.4 Å². The van der Waals surface area contributed by atoms with E-state index in [1.807, 2.05) is 0 Å². The fraction of sp³-hybridized carbons (Fsp3) is 1.00. The summed E-state index contributed by atoms with van der Waals surface area (Å²) in [5.41, 5.74) is 0. The Balaban J connectivity index is -0.000000298. The zero-order valence-electron chi connectivity index (χ0n) is 13.8. The molecular formula is C12H32O6P2S2. The van der Waals surface area contributed by atoms with Crippen molar-refractivity contribution < 1.29 is 29.4 Å². The van der Waals surface area contributed by atoms with Crippen molar-refractivity contribution in [2.45, 2.75) is 66.2 Å². The second kappa shape index (κ2) is 15.6. The Morgan fingerprint density at radius 2 is 0.955 bits per heavy atom. The molecule has 6 N–H and O–H groups in total. The molecule has 0 aromatic carbocycles. The van der Waals surface area contributed by atoms with Crippen molar-refractivity contribution in [1.29, 1.82) is 0 Å². The summed E-state index contributed by atoms with van der Waals surface area (Å²) < 4.78 is 0. The minimum Gasteiger partial charge on any atom is -0.325 e. The monoisotopic (exact) mass is 398 g/mol. The summed E-state index contributed by atoms with van der Waals surface area (Å²) in [5.74, 6) is 1.99. The van der Waals surface area contributed by atoms with Crippen LogP contribution in [-0.4, -0.2) is 29.4 Å². The lowest BCUT2D eigenvalue weighted by Crippen LogP contribution is -2.12. The number of hydrogen-bond acceptors (Lipinski definition) is 2. The molecule has 0 aromatic heterocycles. The van der Waals surface area contributed by atoms with Crippen molar-refractivity contribution in [2.24, 2.45) is 11.8 Å². The van der Waals surface area contributed by atoms with Crippen LogP contribution in [0.15, 0.2) is 0 Å². The quantitative estimate of drug-likeness (QED) is 0.362. The van der Waals surface area contributed by atoms with Crippen LogP contribution in [0.1, 0.15) is 66.2 Å². The largest absolute Gasteiger partial charge is 0.325 e. The molecule has 0 spiro atoms. The van der Waals surface area contributed by atoms with Gasteiger partial charge in [-0.25, -0.2) is 0 Å². The molecule has 0 aromatic rings. The third-order valence-corrected chi connectivity index (χ3v) is 3.17. The highest BCUT2D eigenvalue weighted by Crippen LogP contribution is 2.27. The van der Waals surface area contributed by atoms with Gasteiger partial charge in [0.25, 0.3) is 0 Å². The second-order valence-corrected chi connectivity index (χ2v) is 9.91. The van der Waals surface area contributed by atoms with Crippen LogP contribution in [0.4, 0.5) is 0 Å². The molecule has 0 heterocycles. The highest BCUT2D eigenvalue weighted by Gasteiger charge is 2.15. The molecule has 0 amide bonds. The zero-order chi connectivity index (χ0) is 18.4. The van der Waals surface area contributed by atoms with Crippen LogP contribution in [-0.2, 0) is 23.6 Å². The van der Waals surface area contributed by atoms with Crippen molar-refractivity contribution >= 4 is 37.1 Å². The Morgan fingerprint density at radius 3 is 1.14 bits per heavy atom. The van der Waals surface area contributed by atoms with E-state index in [9.17, 15) is 0 Å². The number of hydrogen-bond donors (Lipinski definition) is 6. The van der Waals surface area contributed by atoms with Gasteiger partial charge in [-0.2, -0.15) is 0 Å². The van der Waals surface area contributed by atoms with Crippen molar-refractivity contribution in [2.75, 3.05) is 0 Å². The minimum absolute atomic E-state index is 0.988. The first-order chi connectivity index (χ1) is 9.79. The minimum atomic E-state index is -3.81. The van der Waals surface area contributed by atoms with Gasteiger partial charge in [0.1, 0.15) is 0 Å². The Hall–Kier alpha value is 1.06. The average Bonchev–Trinajstić information content (AvgIpc) is 2.30. The Kier molecular flexibility index (Phi) is 19.7. The molecule has 6 nitrogen and oxygen atoms in total. The summed E-state index contributed by atoms with van der Waals surface area (Å²) >= 11 is 7.21. The van der Waals surface area contributed by atoms with Crippen molar-refractivity contribution in [3.8, 4) is 0 Å². The fourth-order valence-electron chi connectivity index (χ4n) is 2.19. The summed E-state index contributed by atoms with van der Waals surface area (Å²) in [4.78, 5) is 45.3. The molecule has 0 radical (unpaired) electrons. The van der Waals surface area contributed by atoms with Gasteiger partial charge in [-0.15, -0.1) is 0 Å². The molecule has 1 unspecified atom stereocenters. The van der Waals surface area contributed by atoms with Crippen LogP contribution in [0, 0.1) is 11.8 Å². The average molecular weight is 398 g/mol. The molecule has 138 valence electrons.